The molecule has 9 nitrogen and oxygen atoms in total. The molecule has 0 aliphatic carbocycles. The second-order valence-electron chi connectivity index (χ2n) is 8.52. The number of H-pyrrole nitrogens is 2. The molecule has 4 heterocycles. The molecule has 0 fully saturated rings. The largest absolute Gasteiger partial charge is 0.360 e. The molecule has 9 heteroatoms. The Morgan fingerprint density at radius 2 is 2.03 bits per heavy atom. The second-order valence-corrected chi connectivity index (χ2v) is 8.52. The third-order valence-electron chi connectivity index (χ3n) is 5.64. The Bertz CT molecular complexity index is 1180. The Morgan fingerprint density at radius 3 is 2.77 bits per heavy atom. The minimum Gasteiger partial charge on any atom is -0.360 e. The molecule has 31 heavy (non-hydrogen) atoms. The van der Waals surface area contributed by atoms with Gasteiger partial charge in [0, 0.05) is 41.7 Å². The lowest BCUT2D eigenvalue weighted by atomic mass is 9.96. The molecule has 4 aromatic rings. The van der Waals surface area contributed by atoms with Gasteiger partial charge in [0.2, 0.25) is 5.82 Å². The summed E-state index contributed by atoms with van der Waals surface area (Å²) in [4.78, 5) is 2.36. The maximum absolute atomic E-state index is 4.59. The first kappa shape index (κ1) is 19.3. The van der Waals surface area contributed by atoms with E-state index in [0.29, 0.717) is 18.2 Å². The molecule has 1 aromatic carbocycles. The number of nitrogens with one attached hydrogen (secondary N) is 2. The summed E-state index contributed by atoms with van der Waals surface area (Å²) in [6.45, 7) is 8.12. The SMILES string of the molecule is Cc1cc(CC(C)C)cc(N2Cc3n[nH]c(Cc4cccnn4)c3C2)c1-c1nn[nH]n1. The van der Waals surface area contributed by atoms with Crippen LogP contribution in [-0.4, -0.2) is 41.0 Å². The predicted octanol–water partition coefficient (Wildman–Crippen LogP) is 3.00. The quantitative estimate of drug-likeness (QED) is 0.498. The van der Waals surface area contributed by atoms with Crippen LogP contribution in [0.3, 0.4) is 0 Å². The van der Waals surface area contributed by atoms with E-state index in [-0.39, 0.29) is 0 Å². The van der Waals surface area contributed by atoms with Crippen molar-refractivity contribution in [3.63, 3.8) is 0 Å². The maximum atomic E-state index is 4.59. The van der Waals surface area contributed by atoms with E-state index < -0.39 is 0 Å². The van der Waals surface area contributed by atoms with Crippen molar-refractivity contribution in [2.45, 2.75) is 46.7 Å². The molecule has 158 valence electrons. The van der Waals surface area contributed by atoms with Crippen LogP contribution < -0.4 is 4.90 Å². The Hall–Kier alpha value is -3.62. The molecule has 0 amide bonds. The van der Waals surface area contributed by atoms with Gasteiger partial charge in [-0.05, 0) is 53.8 Å². The van der Waals surface area contributed by atoms with Crippen LogP contribution in [-0.2, 0) is 25.9 Å². The van der Waals surface area contributed by atoms with Gasteiger partial charge in [-0.3, -0.25) is 5.10 Å². The van der Waals surface area contributed by atoms with Crippen LogP contribution in [0.1, 0.15) is 47.6 Å². The lowest BCUT2D eigenvalue weighted by Crippen LogP contribution is -2.18. The minimum absolute atomic E-state index is 0.580. The maximum Gasteiger partial charge on any atom is 0.207 e. The first-order valence-electron chi connectivity index (χ1n) is 10.5. The Morgan fingerprint density at radius 1 is 1.13 bits per heavy atom. The van der Waals surface area contributed by atoms with E-state index in [1.165, 1.54) is 11.1 Å². The zero-order valence-electron chi connectivity index (χ0n) is 17.9. The van der Waals surface area contributed by atoms with Crippen LogP contribution in [0.25, 0.3) is 11.4 Å². The molecule has 0 unspecified atom stereocenters. The highest BCUT2D eigenvalue weighted by atomic mass is 15.5. The highest BCUT2D eigenvalue weighted by Crippen LogP contribution is 2.38. The number of aromatic nitrogens is 8. The lowest BCUT2D eigenvalue weighted by Gasteiger charge is -2.23. The molecule has 0 atom stereocenters. The van der Waals surface area contributed by atoms with Crippen LogP contribution in [0, 0.1) is 12.8 Å². The Labute approximate surface area is 180 Å². The predicted molar refractivity (Wildman–Crippen MR) is 116 cm³/mol. The Kier molecular flexibility index (Phi) is 4.93. The van der Waals surface area contributed by atoms with Gasteiger partial charge in [0.1, 0.15) is 0 Å². The molecular formula is C22H25N9. The minimum atomic E-state index is 0.580. The number of anilines is 1. The average Bonchev–Trinajstić information content (AvgIpc) is 3.47. The van der Waals surface area contributed by atoms with Crippen molar-refractivity contribution in [3.05, 3.63) is 64.2 Å². The molecular weight excluding hydrogens is 390 g/mol. The van der Waals surface area contributed by atoms with Gasteiger partial charge in [0.25, 0.3) is 0 Å². The number of hydrogen-bond donors (Lipinski definition) is 2. The van der Waals surface area contributed by atoms with Crippen molar-refractivity contribution in [2.24, 2.45) is 5.92 Å². The molecule has 5 rings (SSSR count). The smallest absolute Gasteiger partial charge is 0.207 e. The molecule has 1 aliphatic rings. The van der Waals surface area contributed by atoms with Crippen molar-refractivity contribution < 1.29 is 0 Å². The molecule has 0 radical (unpaired) electrons. The lowest BCUT2D eigenvalue weighted by molar-refractivity contribution is 0.646. The van der Waals surface area contributed by atoms with Gasteiger partial charge in [-0.25, -0.2) is 0 Å². The molecule has 0 bridgehead atoms. The van der Waals surface area contributed by atoms with Gasteiger partial charge < -0.3 is 4.90 Å². The molecule has 0 saturated heterocycles. The normalized spacial score (nSPS) is 13.2. The zero-order chi connectivity index (χ0) is 21.4. The van der Waals surface area contributed by atoms with Gasteiger partial charge in [0.05, 0.1) is 17.9 Å². The van der Waals surface area contributed by atoms with Crippen LogP contribution >= 0.6 is 0 Å². The summed E-state index contributed by atoms with van der Waals surface area (Å²) in [6.07, 6.45) is 3.40. The Balaban J connectivity index is 1.50. The van der Waals surface area contributed by atoms with Gasteiger partial charge in [-0.2, -0.15) is 20.5 Å². The average molecular weight is 416 g/mol. The zero-order valence-corrected chi connectivity index (χ0v) is 17.9. The van der Waals surface area contributed by atoms with Crippen LogP contribution in [0.15, 0.2) is 30.5 Å². The fraction of sp³-hybridized carbons (Fsp3) is 0.364. The third-order valence-corrected chi connectivity index (χ3v) is 5.64. The van der Waals surface area contributed by atoms with E-state index in [2.05, 4.69) is 78.8 Å². The summed E-state index contributed by atoms with van der Waals surface area (Å²) in [5.41, 5.74) is 8.94. The van der Waals surface area contributed by atoms with Gasteiger partial charge in [-0.1, -0.05) is 19.9 Å². The van der Waals surface area contributed by atoms with Gasteiger partial charge in [0.15, 0.2) is 0 Å². The van der Waals surface area contributed by atoms with Crippen LogP contribution in [0.4, 0.5) is 5.69 Å². The first-order chi connectivity index (χ1) is 15.1. The third kappa shape index (κ3) is 3.78. The number of rotatable bonds is 6. The fourth-order valence-electron chi connectivity index (χ4n) is 4.35. The van der Waals surface area contributed by atoms with Crippen molar-refractivity contribution in [1.29, 1.82) is 0 Å². The van der Waals surface area contributed by atoms with Gasteiger partial charge in [-0.15, -0.1) is 10.2 Å². The standard InChI is InChI=1S/C22H25N9/c1-13(2)7-15-8-14(3)21(22-27-29-30-28-22)20(9-15)31-11-17-18(25-26-19(17)12-31)10-16-5-4-6-23-24-16/h4-6,8-9,13H,7,10-12H2,1-3H3,(H,25,26)(H,27,28,29,30). The van der Waals surface area contributed by atoms with E-state index in [4.69, 9.17) is 0 Å². The molecule has 2 N–H and O–H groups in total. The summed E-state index contributed by atoms with van der Waals surface area (Å²) in [7, 11) is 0. The first-order valence-corrected chi connectivity index (χ1v) is 10.5. The van der Waals surface area contributed by atoms with E-state index >= 15 is 0 Å². The number of tetrazole rings is 1. The number of hydrogen-bond acceptors (Lipinski definition) is 7. The summed E-state index contributed by atoms with van der Waals surface area (Å²) in [5.74, 6) is 1.20. The molecule has 0 spiro atoms. The number of fused-ring (bicyclic) bond motifs is 1. The monoisotopic (exact) mass is 415 g/mol. The summed E-state index contributed by atoms with van der Waals surface area (Å²) in [6, 6.07) is 8.41. The van der Waals surface area contributed by atoms with Crippen molar-refractivity contribution >= 4 is 5.69 Å². The van der Waals surface area contributed by atoms with Crippen molar-refractivity contribution in [2.75, 3.05) is 4.90 Å². The number of aromatic amines is 2. The second kappa shape index (κ2) is 7.90. The number of nitrogens with zero attached hydrogens (tertiary/aromatic N) is 7. The molecule has 1 aliphatic heterocycles. The number of benzene rings is 1. The van der Waals surface area contributed by atoms with Crippen molar-refractivity contribution in [3.8, 4) is 11.4 Å². The topological polar surface area (TPSA) is 112 Å². The van der Waals surface area contributed by atoms with E-state index in [0.717, 1.165) is 53.4 Å². The molecule has 0 saturated carbocycles. The van der Waals surface area contributed by atoms with Crippen molar-refractivity contribution in [1.82, 2.24) is 41.0 Å². The molecule has 3 aromatic heterocycles. The van der Waals surface area contributed by atoms with Crippen LogP contribution in [0.5, 0.6) is 0 Å². The van der Waals surface area contributed by atoms with Gasteiger partial charge >= 0.3 is 0 Å². The summed E-state index contributed by atoms with van der Waals surface area (Å²) in [5, 5.41) is 30.9. The number of aryl methyl sites for hydroxylation is 1. The van der Waals surface area contributed by atoms with E-state index in [1.807, 2.05) is 12.1 Å². The van der Waals surface area contributed by atoms with Crippen LogP contribution in [0.2, 0.25) is 0 Å². The highest BCUT2D eigenvalue weighted by molar-refractivity contribution is 5.78. The van der Waals surface area contributed by atoms with E-state index in [9.17, 15) is 0 Å². The highest BCUT2D eigenvalue weighted by Gasteiger charge is 2.29. The fourth-order valence-corrected chi connectivity index (χ4v) is 4.35. The summed E-state index contributed by atoms with van der Waals surface area (Å²) < 4.78 is 0. The van der Waals surface area contributed by atoms with E-state index in [1.54, 1.807) is 6.20 Å². The summed E-state index contributed by atoms with van der Waals surface area (Å²) >= 11 is 0.